The second-order valence-corrected chi connectivity index (χ2v) is 15.1. The maximum Gasteiger partial charge on any atom is 0.264 e. The summed E-state index contributed by atoms with van der Waals surface area (Å²) in [4.78, 5) is 28.5. The number of benzene rings is 2. The van der Waals surface area contributed by atoms with Gasteiger partial charge in [-0.05, 0) is 118 Å². The molecular formula is C33H43ClN2O5S. The van der Waals surface area contributed by atoms with Gasteiger partial charge in [-0.25, -0.2) is 13.1 Å². The molecule has 2 aromatic carbocycles. The molecule has 9 heteroatoms. The lowest BCUT2D eigenvalue weighted by atomic mass is 9.64. The molecule has 3 aliphatic rings. The molecule has 1 fully saturated rings. The van der Waals surface area contributed by atoms with E-state index in [9.17, 15) is 18.0 Å². The topological polar surface area (TPSA) is 92.8 Å². The Hall–Kier alpha value is -2.58. The number of carbonyl (C=O) groups is 2. The molecule has 1 saturated carbocycles. The van der Waals surface area contributed by atoms with Gasteiger partial charge < -0.3 is 9.64 Å². The Morgan fingerprint density at radius 2 is 1.81 bits per heavy atom. The van der Waals surface area contributed by atoms with Crippen LogP contribution in [0.1, 0.15) is 87.2 Å². The molecule has 42 heavy (non-hydrogen) atoms. The van der Waals surface area contributed by atoms with Crippen LogP contribution >= 0.6 is 11.6 Å². The molecule has 7 nitrogen and oxygen atoms in total. The molecule has 0 aromatic heterocycles. The minimum Gasteiger partial charge on any atom is -0.487 e. The number of amides is 1. The van der Waals surface area contributed by atoms with Crippen molar-refractivity contribution in [2.45, 2.75) is 84.0 Å². The number of hydrogen-bond acceptors (Lipinski definition) is 6. The molecule has 228 valence electrons. The molecule has 0 spiro atoms. The van der Waals surface area contributed by atoms with E-state index in [0.29, 0.717) is 35.6 Å². The summed E-state index contributed by atoms with van der Waals surface area (Å²) < 4.78 is 35.2. The van der Waals surface area contributed by atoms with Crippen LogP contribution in [0.25, 0.3) is 0 Å². The predicted molar refractivity (Wildman–Crippen MR) is 167 cm³/mol. The number of aryl methyl sites for hydroxylation is 1. The van der Waals surface area contributed by atoms with Gasteiger partial charge in [-0.15, -0.1) is 0 Å². The fraction of sp³-hybridized carbons (Fsp3) is 0.576. The van der Waals surface area contributed by atoms with Gasteiger partial charge >= 0.3 is 0 Å². The molecule has 0 unspecified atom stereocenters. The lowest BCUT2D eigenvalue weighted by Crippen LogP contribution is -2.44. The number of Topliss-reactive ketones (excluding diaryl/α,β-unsaturated/α-hetero) is 1. The Kier molecular flexibility index (Phi) is 9.53. The van der Waals surface area contributed by atoms with Crippen molar-refractivity contribution < 1.29 is 22.7 Å². The highest BCUT2D eigenvalue weighted by molar-refractivity contribution is 7.90. The first-order valence-electron chi connectivity index (χ1n) is 15.4. The predicted octanol–water partition coefficient (Wildman–Crippen LogP) is 6.56. The fourth-order valence-electron chi connectivity index (χ4n) is 6.91. The Morgan fingerprint density at radius 1 is 1.00 bits per heavy atom. The first-order valence-corrected chi connectivity index (χ1v) is 17.3. The fourth-order valence-corrected chi connectivity index (χ4v) is 8.42. The van der Waals surface area contributed by atoms with Gasteiger partial charge in [0, 0.05) is 29.6 Å². The number of nitrogens with one attached hydrogen (secondary N) is 1. The SMILES string of the molecule is CC(=O)[C@H]1CCC[C@H](C)[C@@H](C)S(=O)(=O)NC(=O)c2ccc3c(c2)N(CCCCc2cc(Cl)ccc2CO3)C[C@@H]2CC[C@H]21. The molecule has 2 heterocycles. The highest BCUT2D eigenvalue weighted by atomic mass is 35.5. The molecule has 0 saturated heterocycles. The van der Waals surface area contributed by atoms with Gasteiger partial charge in [0.05, 0.1) is 10.9 Å². The first kappa shape index (κ1) is 30.9. The van der Waals surface area contributed by atoms with Gasteiger partial charge in [-0.1, -0.05) is 31.0 Å². The second-order valence-electron chi connectivity index (χ2n) is 12.6. The number of rotatable bonds is 1. The van der Waals surface area contributed by atoms with E-state index < -0.39 is 21.2 Å². The molecule has 1 aliphatic carbocycles. The highest BCUT2D eigenvalue weighted by Gasteiger charge is 2.40. The van der Waals surface area contributed by atoms with Crippen molar-refractivity contribution in [3.8, 4) is 5.75 Å². The average molecular weight is 615 g/mol. The zero-order valence-corrected chi connectivity index (χ0v) is 26.5. The van der Waals surface area contributed by atoms with E-state index in [1.807, 2.05) is 25.1 Å². The number of nitrogens with zero attached hydrogens (tertiary/aromatic N) is 1. The third kappa shape index (κ3) is 6.80. The third-order valence-corrected chi connectivity index (χ3v) is 12.1. The van der Waals surface area contributed by atoms with Crippen LogP contribution in [0, 0.1) is 23.7 Å². The maximum absolute atomic E-state index is 13.3. The van der Waals surface area contributed by atoms with Crippen molar-refractivity contribution in [2.24, 2.45) is 23.7 Å². The van der Waals surface area contributed by atoms with Crippen LogP contribution in [0.2, 0.25) is 5.02 Å². The number of carbonyl (C=O) groups excluding carboxylic acids is 2. The van der Waals surface area contributed by atoms with Crippen molar-refractivity contribution in [1.29, 1.82) is 0 Å². The second kappa shape index (κ2) is 13.0. The summed E-state index contributed by atoms with van der Waals surface area (Å²) in [5.74, 6) is 0.770. The van der Waals surface area contributed by atoms with Gasteiger partial charge in [0.15, 0.2) is 0 Å². The third-order valence-electron chi connectivity index (χ3n) is 9.91. The van der Waals surface area contributed by atoms with Crippen LogP contribution in [-0.4, -0.2) is 38.4 Å². The van der Waals surface area contributed by atoms with E-state index in [-0.39, 0.29) is 23.2 Å². The first-order chi connectivity index (χ1) is 20.0. The lowest BCUT2D eigenvalue weighted by molar-refractivity contribution is -0.125. The number of ether oxygens (including phenoxy) is 1. The van der Waals surface area contributed by atoms with E-state index in [0.717, 1.165) is 69.3 Å². The quantitative estimate of drug-likeness (QED) is 0.391. The summed E-state index contributed by atoms with van der Waals surface area (Å²) in [6.07, 6.45) is 7.13. The lowest BCUT2D eigenvalue weighted by Gasteiger charge is -2.44. The normalized spacial score (nSPS) is 28.5. The smallest absolute Gasteiger partial charge is 0.264 e. The molecule has 5 rings (SSSR count). The van der Waals surface area contributed by atoms with Gasteiger partial charge in [-0.2, -0.15) is 0 Å². The minimum atomic E-state index is -3.90. The van der Waals surface area contributed by atoms with Crippen LogP contribution < -0.4 is 14.4 Å². The summed E-state index contributed by atoms with van der Waals surface area (Å²) >= 11 is 6.31. The minimum absolute atomic E-state index is 0.0132. The van der Waals surface area contributed by atoms with Crippen molar-refractivity contribution in [3.63, 3.8) is 0 Å². The molecule has 2 aliphatic heterocycles. The van der Waals surface area contributed by atoms with Gasteiger partial charge in [0.2, 0.25) is 10.0 Å². The Balaban J connectivity index is 1.54. The molecule has 0 radical (unpaired) electrons. The van der Waals surface area contributed by atoms with E-state index >= 15 is 0 Å². The van der Waals surface area contributed by atoms with Gasteiger partial charge in [0.25, 0.3) is 5.91 Å². The summed E-state index contributed by atoms with van der Waals surface area (Å²) in [5.41, 5.74) is 3.33. The van der Waals surface area contributed by atoms with Crippen molar-refractivity contribution in [3.05, 3.63) is 58.1 Å². The summed E-state index contributed by atoms with van der Waals surface area (Å²) in [6, 6.07) is 11.1. The molecule has 2 bridgehead atoms. The van der Waals surface area contributed by atoms with Crippen molar-refractivity contribution in [2.75, 3.05) is 18.0 Å². The Labute approximate surface area is 255 Å². The summed E-state index contributed by atoms with van der Waals surface area (Å²) in [6.45, 7) is 7.16. The van der Waals surface area contributed by atoms with E-state index in [2.05, 4.69) is 9.62 Å². The molecule has 1 amide bonds. The van der Waals surface area contributed by atoms with E-state index in [4.69, 9.17) is 16.3 Å². The monoisotopic (exact) mass is 614 g/mol. The standard InChI is InChI=1S/C33H43ClN2O5S/c1-21-7-6-9-29(22(2)37)30-14-11-26(30)19-36-16-5-4-8-24-17-28(34)13-10-27(24)20-41-32-15-12-25(18-31(32)36)33(38)35-42(39,40)23(21)3/h10,12-13,15,17-18,21,23,26,29-30H,4-9,11,14,16,19-20H2,1-3H3,(H,35,38)/t21-,23+,26-,29+,30+/m0/s1. The summed E-state index contributed by atoms with van der Waals surface area (Å²) in [5, 5.41) is -0.0321. The van der Waals surface area contributed by atoms with E-state index in [1.54, 1.807) is 32.0 Å². The number of halogens is 1. The number of fused-ring (bicyclic) bond motifs is 3. The number of anilines is 1. The van der Waals surface area contributed by atoms with Crippen LogP contribution in [0.4, 0.5) is 5.69 Å². The van der Waals surface area contributed by atoms with Crippen LogP contribution in [0.5, 0.6) is 5.75 Å². The van der Waals surface area contributed by atoms with Crippen LogP contribution in [0.15, 0.2) is 36.4 Å². The van der Waals surface area contributed by atoms with Crippen LogP contribution in [0.3, 0.4) is 0 Å². The number of sulfonamides is 1. The highest BCUT2D eigenvalue weighted by Crippen LogP contribution is 2.44. The molecule has 2 aromatic rings. The molecule has 1 N–H and O–H groups in total. The van der Waals surface area contributed by atoms with Crippen LogP contribution in [-0.2, 0) is 27.8 Å². The molecule has 5 atom stereocenters. The molecular weight excluding hydrogens is 572 g/mol. The number of ketones is 1. The van der Waals surface area contributed by atoms with E-state index in [1.165, 1.54) is 5.56 Å². The summed E-state index contributed by atoms with van der Waals surface area (Å²) in [7, 11) is -3.90. The largest absolute Gasteiger partial charge is 0.487 e. The zero-order valence-electron chi connectivity index (χ0n) is 24.9. The number of hydrogen-bond donors (Lipinski definition) is 1. The van der Waals surface area contributed by atoms with Crippen molar-refractivity contribution >= 4 is 39.0 Å². The maximum atomic E-state index is 13.3. The van der Waals surface area contributed by atoms with Crippen molar-refractivity contribution in [1.82, 2.24) is 4.72 Å². The zero-order chi connectivity index (χ0) is 30.0. The Bertz CT molecular complexity index is 1430. The van der Waals surface area contributed by atoms with Gasteiger partial charge in [0.1, 0.15) is 18.1 Å². The van der Waals surface area contributed by atoms with Gasteiger partial charge in [-0.3, -0.25) is 9.59 Å². The average Bonchev–Trinajstić information content (AvgIpc) is 2.96. The Morgan fingerprint density at radius 3 is 2.55 bits per heavy atom.